The molecular formula is C18H28N2O5S. The van der Waals surface area contributed by atoms with Gasteiger partial charge in [0.2, 0.25) is 15.9 Å². The van der Waals surface area contributed by atoms with Gasteiger partial charge in [-0.25, -0.2) is 8.42 Å². The molecule has 1 atom stereocenters. The first-order valence-corrected chi connectivity index (χ1v) is 10.1. The normalized spacial score (nSPS) is 19.0. The van der Waals surface area contributed by atoms with Crippen LogP contribution >= 0.6 is 0 Å². The van der Waals surface area contributed by atoms with Crippen LogP contribution in [0.1, 0.15) is 33.6 Å². The maximum Gasteiger partial charge on any atom is 0.246 e. The third-order valence-electron chi connectivity index (χ3n) is 4.24. The fourth-order valence-corrected chi connectivity index (χ4v) is 4.67. The number of hydrogen-bond donors (Lipinski definition) is 1. The molecule has 0 aromatic heterocycles. The molecule has 0 unspecified atom stereocenters. The van der Waals surface area contributed by atoms with E-state index in [4.69, 9.17) is 9.47 Å². The molecule has 2 rings (SSSR count). The highest BCUT2D eigenvalue weighted by molar-refractivity contribution is 7.89. The Balaban J connectivity index is 2.28. The first kappa shape index (κ1) is 20.5. The lowest BCUT2D eigenvalue weighted by atomic mass is 9.97. The van der Waals surface area contributed by atoms with Crippen LogP contribution in [0.2, 0.25) is 0 Å². The minimum absolute atomic E-state index is 0.0521. The van der Waals surface area contributed by atoms with Crippen LogP contribution in [0, 0.1) is 5.92 Å². The molecule has 1 aromatic rings. The average Bonchev–Trinajstić information content (AvgIpc) is 2.59. The summed E-state index contributed by atoms with van der Waals surface area (Å²) >= 11 is 0. The summed E-state index contributed by atoms with van der Waals surface area (Å²) in [5.41, 5.74) is -0.353. The number of benzene rings is 1. The van der Waals surface area contributed by atoms with Gasteiger partial charge in [0, 0.05) is 24.7 Å². The zero-order chi connectivity index (χ0) is 19.5. The van der Waals surface area contributed by atoms with Crippen LogP contribution in [-0.4, -0.2) is 51.5 Å². The summed E-state index contributed by atoms with van der Waals surface area (Å²) < 4.78 is 38.0. The van der Waals surface area contributed by atoms with E-state index in [1.54, 1.807) is 12.1 Å². The topological polar surface area (TPSA) is 84.9 Å². The van der Waals surface area contributed by atoms with Gasteiger partial charge in [0.25, 0.3) is 0 Å². The molecule has 1 aliphatic rings. The van der Waals surface area contributed by atoms with E-state index in [9.17, 15) is 13.2 Å². The summed E-state index contributed by atoms with van der Waals surface area (Å²) in [6.07, 6.45) is 1.30. The van der Waals surface area contributed by atoms with Gasteiger partial charge in [-0.3, -0.25) is 4.79 Å². The second-order valence-corrected chi connectivity index (χ2v) is 9.36. The van der Waals surface area contributed by atoms with Gasteiger partial charge in [-0.15, -0.1) is 0 Å². The second kappa shape index (κ2) is 7.84. The van der Waals surface area contributed by atoms with Crippen LogP contribution < -0.4 is 14.8 Å². The van der Waals surface area contributed by atoms with Crippen LogP contribution in [0.5, 0.6) is 11.5 Å². The quantitative estimate of drug-likeness (QED) is 0.839. The second-order valence-electron chi connectivity index (χ2n) is 7.46. The molecule has 1 amide bonds. The molecule has 0 saturated carbocycles. The van der Waals surface area contributed by atoms with Gasteiger partial charge in [-0.1, -0.05) is 0 Å². The van der Waals surface area contributed by atoms with E-state index in [2.05, 4.69) is 5.32 Å². The first-order valence-electron chi connectivity index (χ1n) is 8.62. The number of carbonyl (C=O) groups excluding carboxylic acids is 1. The molecule has 1 heterocycles. The highest BCUT2D eigenvalue weighted by atomic mass is 32.2. The number of amides is 1. The van der Waals surface area contributed by atoms with Gasteiger partial charge < -0.3 is 14.8 Å². The van der Waals surface area contributed by atoms with Crippen LogP contribution in [0.25, 0.3) is 0 Å². The maximum atomic E-state index is 13.1. The van der Waals surface area contributed by atoms with Gasteiger partial charge in [0.15, 0.2) is 0 Å². The van der Waals surface area contributed by atoms with Gasteiger partial charge in [-0.05, 0) is 45.7 Å². The number of piperidine rings is 1. The predicted molar refractivity (Wildman–Crippen MR) is 98.9 cm³/mol. The molecule has 0 bridgehead atoms. The van der Waals surface area contributed by atoms with Crippen molar-refractivity contribution in [1.29, 1.82) is 0 Å². The predicted octanol–water partition coefficient (Wildman–Crippen LogP) is 2.02. The summed E-state index contributed by atoms with van der Waals surface area (Å²) in [5, 5.41) is 2.94. The number of rotatable bonds is 5. The Morgan fingerprint density at radius 2 is 1.92 bits per heavy atom. The Kier molecular flexibility index (Phi) is 6.18. The van der Waals surface area contributed by atoms with E-state index in [-0.39, 0.29) is 34.6 Å². The number of hydrogen-bond acceptors (Lipinski definition) is 5. The Morgan fingerprint density at radius 3 is 2.50 bits per heavy atom. The van der Waals surface area contributed by atoms with Crippen molar-refractivity contribution in [3.8, 4) is 11.5 Å². The third kappa shape index (κ3) is 4.67. The Hall–Kier alpha value is -1.80. The molecule has 26 heavy (non-hydrogen) atoms. The van der Waals surface area contributed by atoms with Crippen LogP contribution in [0.4, 0.5) is 0 Å². The van der Waals surface area contributed by atoms with E-state index < -0.39 is 10.0 Å². The zero-order valence-electron chi connectivity index (χ0n) is 16.0. The van der Waals surface area contributed by atoms with Crippen molar-refractivity contribution in [3.05, 3.63) is 18.2 Å². The lowest BCUT2D eigenvalue weighted by Gasteiger charge is -2.33. The molecule has 1 N–H and O–H groups in total. The van der Waals surface area contributed by atoms with E-state index in [1.807, 2.05) is 20.8 Å². The summed E-state index contributed by atoms with van der Waals surface area (Å²) in [6.45, 7) is 6.25. The minimum Gasteiger partial charge on any atom is -0.497 e. The van der Waals surface area contributed by atoms with Crippen molar-refractivity contribution in [1.82, 2.24) is 9.62 Å². The van der Waals surface area contributed by atoms with Crippen molar-refractivity contribution in [2.24, 2.45) is 5.92 Å². The van der Waals surface area contributed by atoms with Crippen molar-refractivity contribution in [2.75, 3.05) is 27.3 Å². The summed E-state index contributed by atoms with van der Waals surface area (Å²) in [6, 6.07) is 4.67. The van der Waals surface area contributed by atoms with Crippen LogP contribution in [0.15, 0.2) is 23.1 Å². The maximum absolute atomic E-state index is 13.1. The molecule has 1 aromatic carbocycles. The highest BCUT2D eigenvalue weighted by Crippen LogP contribution is 2.32. The van der Waals surface area contributed by atoms with E-state index in [1.165, 1.54) is 24.6 Å². The monoisotopic (exact) mass is 384 g/mol. The Bertz CT molecular complexity index is 755. The molecule has 1 saturated heterocycles. The lowest BCUT2D eigenvalue weighted by Crippen LogP contribution is -2.49. The Labute approximate surface area is 155 Å². The number of sulfonamides is 1. The molecule has 7 nitrogen and oxygen atoms in total. The van der Waals surface area contributed by atoms with Gasteiger partial charge in [-0.2, -0.15) is 4.31 Å². The number of carbonyl (C=O) groups is 1. The Morgan fingerprint density at radius 1 is 1.23 bits per heavy atom. The molecule has 1 aliphatic heterocycles. The van der Waals surface area contributed by atoms with E-state index in [0.717, 1.165) is 0 Å². The van der Waals surface area contributed by atoms with Crippen molar-refractivity contribution in [2.45, 2.75) is 44.0 Å². The lowest BCUT2D eigenvalue weighted by molar-refractivity contribution is -0.127. The van der Waals surface area contributed by atoms with Crippen LogP contribution in [0.3, 0.4) is 0 Å². The van der Waals surface area contributed by atoms with Gasteiger partial charge in [0.05, 0.1) is 20.1 Å². The fourth-order valence-electron chi connectivity index (χ4n) is 2.97. The van der Waals surface area contributed by atoms with Crippen molar-refractivity contribution >= 4 is 15.9 Å². The molecule has 146 valence electrons. The number of nitrogens with zero attached hydrogens (tertiary/aromatic N) is 1. The average molecular weight is 384 g/mol. The van der Waals surface area contributed by atoms with Crippen molar-refractivity contribution < 1.29 is 22.7 Å². The fraction of sp³-hybridized carbons (Fsp3) is 0.611. The molecule has 8 heteroatoms. The smallest absolute Gasteiger partial charge is 0.246 e. The van der Waals surface area contributed by atoms with Crippen LogP contribution in [-0.2, 0) is 14.8 Å². The number of nitrogens with one attached hydrogen (secondary N) is 1. The summed E-state index contributed by atoms with van der Waals surface area (Å²) in [4.78, 5) is 12.5. The summed E-state index contributed by atoms with van der Waals surface area (Å²) in [5.74, 6) is 0.208. The third-order valence-corrected chi connectivity index (χ3v) is 6.13. The largest absolute Gasteiger partial charge is 0.497 e. The SMILES string of the molecule is COc1ccc(OC)c(S(=O)(=O)N2CCC[C@@H](C(=O)NC(C)(C)C)C2)c1. The standard InChI is InChI=1S/C18H28N2O5S/c1-18(2,3)19-17(21)13-7-6-10-20(12-13)26(22,23)16-11-14(24-4)8-9-15(16)25-5/h8-9,11,13H,6-7,10,12H2,1-5H3,(H,19,21)/t13-/m1/s1. The highest BCUT2D eigenvalue weighted by Gasteiger charge is 2.35. The molecule has 1 fully saturated rings. The zero-order valence-corrected chi connectivity index (χ0v) is 16.9. The van der Waals surface area contributed by atoms with Gasteiger partial charge >= 0.3 is 0 Å². The molecular weight excluding hydrogens is 356 g/mol. The van der Waals surface area contributed by atoms with E-state index in [0.29, 0.717) is 25.1 Å². The molecule has 0 aliphatic carbocycles. The summed E-state index contributed by atoms with van der Waals surface area (Å²) in [7, 11) is -0.894. The number of ether oxygens (including phenoxy) is 2. The van der Waals surface area contributed by atoms with Crippen molar-refractivity contribution in [3.63, 3.8) is 0 Å². The molecule has 0 radical (unpaired) electrons. The molecule has 0 spiro atoms. The number of methoxy groups -OCH3 is 2. The van der Waals surface area contributed by atoms with Gasteiger partial charge in [0.1, 0.15) is 16.4 Å². The first-order chi connectivity index (χ1) is 12.1. The minimum atomic E-state index is -3.80. The van der Waals surface area contributed by atoms with E-state index >= 15 is 0 Å².